The van der Waals surface area contributed by atoms with Crippen LogP contribution in [0.15, 0.2) is 65.6 Å². The summed E-state index contributed by atoms with van der Waals surface area (Å²) in [7, 11) is 0. The number of amides is 2. The number of likely N-dealkylation sites (N-methyl/N-ethyl adjacent to an activating group) is 1. The highest BCUT2D eigenvalue weighted by molar-refractivity contribution is 8.18. The first kappa shape index (κ1) is 19.3. The molecule has 0 atom stereocenters. The SMILES string of the molecule is CCN1C(=O)S/C(=C/c2c(OCc3ccc(C)cc3)ccc3ccccc23)C1=O. The van der Waals surface area contributed by atoms with Crippen molar-refractivity contribution in [3.63, 3.8) is 0 Å². The van der Waals surface area contributed by atoms with Crippen LogP contribution in [-0.2, 0) is 11.4 Å². The van der Waals surface area contributed by atoms with Gasteiger partial charge in [-0.15, -0.1) is 0 Å². The molecule has 0 bridgehead atoms. The summed E-state index contributed by atoms with van der Waals surface area (Å²) in [4.78, 5) is 26.4. The van der Waals surface area contributed by atoms with Crippen molar-refractivity contribution in [2.45, 2.75) is 20.5 Å². The topological polar surface area (TPSA) is 46.6 Å². The molecule has 1 aliphatic rings. The molecule has 0 aliphatic carbocycles. The van der Waals surface area contributed by atoms with Crippen molar-refractivity contribution in [3.05, 3.63) is 82.3 Å². The zero-order valence-electron chi connectivity index (χ0n) is 16.3. The van der Waals surface area contributed by atoms with E-state index >= 15 is 0 Å². The van der Waals surface area contributed by atoms with Crippen molar-refractivity contribution in [2.24, 2.45) is 0 Å². The minimum Gasteiger partial charge on any atom is -0.488 e. The molecule has 3 aromatic rings. The van der Waals surface area contributed by atoms with Crippen LogP contribution in [0, 0.1) is 6.92 Å². The second-order valence-electron chi connectivity index (χ2n) is 6.90. The molecule has 146 valence electrons. The zero-order valence-corrected chi connectivity index (χ0v) is 17.2. The maximum atomic E-state index is 12.6. The number of carbonyl (C=O) groups excluding carboxylic acids is 2. The Bertz CT molecular complexity index is 1120. The molecule has 0 unspecified atom stereocenters. The average molecular weight is 404 g/mol. The van der Waals surface area contributed by atoms with E-state index in [1.807, 2.05) is 48.5 Å². The summed E-state index contributed by atoms with van der Waals surface area (Å²) in [6.45, 7) is 4.65. The normalized spacial score (nSPS) is 15.5. The van der Waals surface area contributed by atoms with Gasteiger partial charge in [-0.3, -0.25) is 14.5 Å². The van der Waals surface area contributed by atoms with Gasteiger partial charge in [-0.25, -0.2) is 0 Å². The van der Waals surface area contributed by atoms with Gasteiger partial charge in [-0.05, 0) is 54.1 Å². The predicted molar refractivity (Wildman–Crippen MR) is 118 cm³/mol. The van der Waals surface area contributed by atoms with Crippen molar-refractivity contribution in [1.29, 1.82) is 0 Å². The van der Waals surface area contributed by atoms with Gasteiger partial charge in [0.2, 0.25) is 0 Å². The standard InChI is InChI=1S/C24H21NO3S/c1-3-25-23(26)22(29-24(25)27)14-20-19-7-5-4-6-18(19)12-13-21(20)28-15-17-10-8-16(2)9-11-17/h4-14H,3,15H2,1-2H3/b22-14+. The number of fused-ring (bicyclic) bond motifs is 1. The number of ether oxygens (including phenoxy) is 1. The van der Waals surface area contributed by atoms with Crippen LogP contribution in [0.4, 0.5) is 4.79 Å². The Balaban J connectivity index is 1.73. The maximum Gasteiger partial charge on any atom is 0.293 e. The van der Waals surface area contributed by atoms with Crippen molar-refractivity contribution in [2.75, 3.05) is 6.54 Å². The number of hydrogen-bond acceptors (Lipinski definition) is 4. The van der Waals surface area contributed by atoms with E-state index in [0.29, 0.717) is 23.8 Å². The number of carbonyl (C=O) groups is 2. The fourth-order valence-electron chi connectivity index (χ4n) is 3.30. The molecule has 0 radical (unpaired) electrons. The van der Waals surface area contributed by atoms with Gasteiger partial charge in [0.05, 0.1) is 4.91 Å². The van der Waals surface area contributed by atoms with Gasteiger partial charge >= 0.3 is 0 Å². The highest BCUT2D eigenvalue weighted by atomic mass is 32.2. The molecule has 29 heavy (non-hydrogen) atoms. The van der Waals surface area contributed by atoms with E-state index < -0.39 is 0 Å². The molecule has 0 spiro atoms. The Labute approximate surface area is 174 Å². The smallest absolute Gasteiger partial charge is 0.293 e. The van der Waals surface area contributed by atoms with Gasteiger partial charge < -0.3 is 4.74 Å². The molecular formula is C24H21NO3S. The molecule has 5 heteroatoms. The third-order valence-corrected chi connectivity index (χ3v) is 5.82. The maximum absolute atomic E-state index is 12.6. The molecule has 4 nitrogen and oxygen atoms in total. The van der Waals surface area contributed by atoms with Crippen molar-refractivity contribution < 1.29 is 14.3 Å². The number of rotatable bonds is 5. The van der Waals surface area contributed by atoms with Crippen molar-refractivity contribution in [1.82, 2.24) is 4.90 Å². The average Bonchev–Trinajstić information content (AvgIpc) is 3.01. The minimum absolute atomic E-state index is 0.230. The summed E-state index contributed by atoms with van der Waals surface area (Å²) in [5, 5.41) is 1.81. The summed E-state index contributed by atoms with van der Waals surface area (Å²) in [5.41, 5.74) is 3.09. The first-order valence-electron chi connectivity index (χ1n) is 9.52. The molecule has 1 fully saturated rings. The molecule has 1 aliphatic heterocycles. The van der Waals surface area contributed by atoms with Crippen molar-refractivity contribution in [3.8, 4) is 5.75 Å². The number of imide groups is 1. The third-order valence-electron chi connectivity index (χ3n) is 4.91. The molecular weight excluding hydrogens is 382 g/mol. The van der Waals surface area contributed by atoms with Crippen LogP contribution in [0.5, 0.6) is 5.75 Å². The number of aryl methyl sites for hydroxylation is 1. The monoisotopic (exact) mass is 403 g/mol. The van der Waals surface area contributed by atoms with Gasteiger partial charge in [0.25, 0.3) is 11.1 Å². The second kappa shape index (κ2) is 8.13. The summed E-state index contributed by atoms with van der Waals surface area (Å²) in [6, 6.07) is 20.1. The lowest BCUT2D eigenvalue weighted by molar-refractivity contribution is -0.122. The lowest BCUT2D eigenvalue weighted by atomic mass is 10.0. The van der Waals surface area contributed by atoms with Crippen LogP contribution < -0.4 is 4.74 Å². The number of benzene rings is 3. The van der Waals surface area contributed by atoms with Gasteiger partial charge in [0.15, 0.2) is 0 Å². The van der Waals surface area contributed by atoms with E-state index in [2.05, 4.69) is 19.1 Å². The Hall–Kier alpha value is -3.05. The summed E-state index contributed by atoms with van der Waals surface area (Å²) >= 11 is 0.978. The highest BCUT2D eigenvalue weighted by Gasteiger charge is 2.34. The molecule has 2 amide bonds. The van der Waals surface area contributed by atoms with Crippen molar-refractivity contribution >= 4 is 39.8 Å². The zero-order chi connectivity index (χ0) is 20.4. The molecule has 3 aromatic carbocycles. The van der Waals surface area contributed by atoms with E-state index in [0.717, 1.165) is 33.7 Å². The van der Waals surface area contributed by atoms with Gasteiger partial charge in [0.1, 0.15) is 12.4 Å². The van der Waals surface area contributed by atoms with Crippen LogP contribution in [-0.4, -0.2) is 22.6 Å². The molecule has 1 heterocycles. The quantitative estimate of drug-likeness (QED) is 0.506. The Morgan fingerprint density at radius 2 is 1.76 bits per heavy atom. The van der Waals surface area contributed by atoms with E-state index in [-0.39, 0.29) is 11.1 Å². The van der Waals surface area contributed by atoms with Crippen LogP contribution in [0.3, 0.4) is 0 Å². The summed E-state index contributed by atoms with van der Waals surface area (Å²) in [6.07, 6.45) is 1.79. The van der Waals surface area contributed by atoms with Crippen LogP contribution >= 0.6 is 11.8 Å². The molecule has 0 saturated carbocycles. The Morgan fingerprint density at radius 3 is 2.48 bits per heavy atom. The van der Waals surface area contributed by atoms with Crippen LogP contribution in [0.1, 0.15) is 23.6 Å². The Kier molecular flexibility index (Phi) is 5.41. The minimum atomic E-state index is -0.250. The van der Waals surface area contributed by atoms with Crippen LogP contribution in [0.2, 0.25) is 0 Å². The van der Waals surface area contributed by atoms with E-state index in [9.17, 15) is 9.59 Å². The molecule has 4 rings (SSSR count). The first-order chi connectivity index (χ1) is 14.1. The number of hydrogen-bond donors (Lipinski definition) is 0. The highest BCUT2D eigenvalue weighted by Crippen LogP contribution is 2.36. The molecule has 0 aromatic heterocycles. The van der Waals surface area contributed by atoms with Gasteiger partial charge in [0, 0.05) is 12.1 Å². The Morgan fingerprint density at radius 1 is 1.00 bits per heavy atom. The summed E-state index contributed by atoms with van der Waals surface area (Å²) < 4.78 is 6.13. The molecule has 0 N–H and O–H groups in total. The third kappa shape index (κ3) is 3.91. The van der Waals surface area contributed by atoms with Gasteiger partial charge in [-0.2, -0.15) is 0 Å². The lowest BCUT2D eigenvalue weighted by Gasteiger charge is -2.13. The predicted octanol–water partition coefficient (Wildman–Crippen LogP) is 5.78. The summed E-state index contributed by atoms with van der Waals surface area (Å²) in [5.74, 6) is 0.437. The number of thioether (sulfide) groups is 1. The largest absolute Gasteiger partial charge is 0.488 e. The fraction of sp³-hybridized carbons (Fsp3) is 0.167. The fourth-order valence-corrected chi connectivity index (χ4v) is 4.18. The van der Waals surface area contributed by atoms with Gasteiger partial charge in [-0.1, -0.05) is 60.2 Å². The van der Waals surface area contributed by atoms with E-state index in [1.165, 1.54) is 10.5 Å². The van der Waals surface area contributed by atoms with E-state index in [1.54, 1.807) is 13.0 Å². The first-order valence-corrected chi connectivity index (χ1v) is 10.3. The lowest BCUT2D eigenvalue weighted by Crippen LogP contribution is -2.27. The second-order valence-corrected chi connectivity index (χ2v) is 7.89. The van der Waals surface area contributed by atoms with Crippen LogP contribution in [0.25, 0.3) is 16.8 Å². The van der Waals surface area contributed by atoms with E-state index in [4.69, 9.17) is 4.74 Å². The number of nitrogens with zero attached hydrogens (tertiary/aromatic N) is 1. The molecule has 1 saturated heterocycles.